The van der Waals surface area contributed by atoms with Crippen LogP contribution in [0.3, 0.4) is 0 Å². The van der Waals surface area contributed by atoms with Crippen LogP contribution in [0.25, 0.3) is 11.3 Å². The second-order valence-corrected chi connectivity index (χ2v) is 13.1. The molecule has 8 nitrogen and oxygen atoms in total. The number of carbonyl (C=O) groups is 2. The van der Waals surface area contributed by atoms with Gasteiger partial charge in [0.15, 0.2) is 0 Å². The number of aromatic nitrogens is 1. The van der Waals surface area contributed by atoms with E-state index in [0.717, 1.165) is 18.5 Å². The van der Waals surface area contributed by atoms with Crippen LogP contribution >= 0.6 is 11.6 Å². The molecule has 2 aromatic carbocycles. The Morgan fingerprint density at radius 1 is 1.11 bits per heavy atom. The SMILES string of the molecule is Cc1onc(-c2c(F)cccc2Cl)c1C(=O)N(CCN1CCN(C(=O)Nc2ccccc2)CC1)CC1=CCC2CC1C2(C)C. The molecule has 2 heterocycles. The summed E-state index contributed by atoms with van der Waals surface area (Å²) in [5, 5.41) is 7.22. The molecular formula is C34H39ClFN5O3. The molecule has 0 radical (unpaired) electrons. The second-order valence-electron chi connectivity index (χ2n) is 12.7. The summed E-state index contributed by atoms with van der Waals surface area (Å²) in [7, 11) is 0. The number of benzene rings is 2. The zero-order valence-electron chi connectivity index (χ0n) is 25.5. The van der Waals surface area contributed by atoms with Crippen LogP contribution < -0.4 is 5.32 Å². The van der Waals surface area contributed by atoms with Gasteiger partial charge in [-0.15, -0.1) is 0 Å². The number of urea groups is 1. The Bertz CT molecular complexity index is 1540. The fraction of sp³-hybridized carbons (Fsp3) is 0.441. The summed E-state index contributed by atoms with van der Waals surface area (Å²) in [6.45, 7) is 10.5. The van der Waals surface area contributed by atoms with E-state index >= 15 is 0 Å². The summed E-state index contributed by atoms with van der Waals surface area (Å²) in [5.41, 5.74) is 2.70. The minimum atomic E-state index is -0.558. The Labute approximate surface area is 262 Å². The van der Waals surface area contributed by atoms with E-state index < -0.39 is 5.82 Å². The van der Waals surface area contributed by atoms with Crippen molar-refractivity contribution < 1.29 is 18.5 Å². The number of fused-ring (bicyclic) bond motifs is 1. The van der Waals surface area contributed by atoms with Crippen LogP contribution in [0.2, 0.25) is 5.02 Å². The van der Waals surface area contributed by atoms with E-state index in [9.17, 15) is 14.0 Å². The molecule has 7 rings (SSSR count). The van der Waals surface area contributed by atoms with Crippen molar-refractivity contribution >= 4 is 29.2 Å². The Morgan fingerprint density at radius 2 is 1.86 bits per heavy atom. The molecule has 2 atom stereocenters. The minimum Gasteiger partial charge on any atom is -0.360 e. The number of amides is 3. The van der Waals surface area contributed by atoms with E-state index in [-0.39, 0.29) is 39.2 Å². The summed E-state index contributed by atoms with van der Waals surface area (Å²) in [4.78, 5) is 33.1. The first-order chi connectivity index (χ1) is 21.1. The normalized spacial score (nSPS) is 20.9. The third-order valence-corrected chi connectivity index (χ3v) is 10.2. The van der Waals surface area contributed by atoms with Crippen LogP contribution in [-0.4, -0.2) is 77.6 Å². The highest BCUT2D eigenvalue weighted by Crippen LogP contribution is 2.59. The topological polar surface area (TPSA) is 81.9 Å². The van der Waals surface area contributed by atoms with E-state index in [1.807, 2.05) is 40.1 Å². The largest absolute Gasteiger partial charge is 0.360 e. The number of hydrogen-bond donors (Lipinski definition) is 1. The highest BCUT2D eigenvalue weighted by Gasteiger charge is 2.51. The maximum absolute atomic E-state index is 15.0. The minimum absolute atomic E-state index is 0.0686. The van der Waals surface area contributed by atoms with Gasteiger partial charge in [-0.1, -0.05) is 66.5 Å². The lowest BCUT2D eigenvalue weighted by atomic mass is 9.49. The summed E-state index contributed by atoms with van der Waals surface area (Å²) in [6, 6.07) is 13.7. The average Bonchev–Trinajstić information content (AvgIpc) is 3.40. The molecule has 0 spiro atoms. The van der Waals surface area contributed by atoms with Gasteiger partial charge in [0.2, 0.25) is 0 Å². The molecule has 2 fully saturated rings. The Kier molecular flexibility index (Phi) is 8.53. The number of anilines is 1. The number of nitrogens with one attached hydrogen (secondary N) is 1. The van der Waals surface area contributed by atoms with Gasteiger partial charge in [-0.3, -0.25) is 9.69 Å². The summed E-state index contributed by atoms with van der Waals surface area (Å²) >= 11 is 6.39. The molecule has 3 aliphatic carbocycles. The van der Waals surface area contributed by atoms with Crippen molar-refractivity contribution in [2.75, 3.05) is 51.1 Å². The van der Waals surface area contributed by atoms with Crippen molar-refractivity contribution in [1.29, 1.82) is 0 Å². The Balaban J connectivity index is 1.18. The zero-order chi connectivity index (χ0) is 31.0. The van der Waals surface area contributed by atoms with Gasteiger partial charge in [-0.05, 0) is 61.3 Å². The zero-order valence-corrected chi connectivity index (χ0v) is 26.2. The molecule has 3 aromatic rings. The molecule has 1 N–H and O–H groups in total. The van der Waals surface area contributed by atoms with Crippen molar-refractivity contribution in [3.05, 3.63) is 82.3 Å². The van der Waals surface area contributed by atoms with Gasteiger partial charge in [0, 0.05) is 51.5 Å². The number of carbonyl (C=O) groups excluding carboxylic acids is 2. The maximum Gasteiger partial charge on any atom is 0.321 e. The summed E-state index contributed by atoms with van der Waals surface area (Å²) < 4.78 is 20.4. The highest BCUT2D eigenvalue weighted by molar-refractivity contribution is 6.33. The number of para-hydroxylation sites is 1. The lowest BCUT2D eigenvalue weighted by molar-refractivity contribution is -0.0105. The molecule has 44 heavy (non-hydrogen) atoms. The van der Waals surface area contributed by atoms with Crippen molar-refractivity contribution in [3.8, 4) is 11.3 Å². The molecule has 4 aliphatic rings. The standard InChI is InChI=1S/C34H39ClFN5O3/c1-22-29(31(38-44-22)30-27(35)10-7-11-28(30)36)32(42)41(21-23-12-13-24-20-26(23)34(24,2)3)19-16-39-14-17-40(18-15-39)33(43)37-25-8-5-4-6-9-25/h4-12,24,26H,13-21H2,1-3H3,(H,37,43). The molecule has 1 saturated heterocycles. The van der Waals surface area contributed by atoms with Crippen molar-refractivity contribution in [3.63, 3.8) is 0 Å². The van der Waals surface area contributed by atoms with Gasteiger partial charge in [-0.2, -0.15) is 0 Å². The first-order valence-corrected chi connectivity index (χ1v) is 15.7. The fourth-order valence-corrected chi connectivity index (χ4v) is 7.22. The average molecular weight is 620 g/mol. The molecule has 232 valence electrons. The lowest BCUT2D eigenvalue weighted by Crippen LogP contribution is -2.53. The Hall–Kier alpha value is -3.69. The van der Waals surface area contributed by atoms with Crippen LogP contribution in [0.5, 0.6) is 0 Å². The number of piperazine rings is 1. The van der Waals surface area contributed by atoms with Gasteiger partial charge in [0.05, 0.1) is 10.6 Å². The molecular weight excluding hydrogens is 581 g/mol. The smallest absolute Gasteiger partial charge is 0.321 e. The highest BCUT2D eigenvalue weighted by atomic mass is 35.5. The quantitative estimate of drug-likeness (QED) is 0.283. The molecule has 2 unspecified atom stereocenters. The molecule has 10 heteroatoms. The number of aryl methyl sites for hydroxylation is 1. The van der Waals surface area contributed by atoms with Gasteiger partial charge in [0.1, 0.15) is 22.8 Å². The summed E-state index contributed by atoms with van der Waals surface area (Å²) in [5.74, 6) is 0.643. The fourth-order valence-electron chi connectivity index (χ4n) is 6.97. The predicted octanol–water partition coefficient (Wildman–Crippen LogP) is 6.73. The van der Waals surface area contributed by atoms with Gasteiger partial charge < -0.3 is 19.6 Å². The number of nitrogens with zero attached hydrogens (tertiary/aromatic N) is 4. The summed E-state index contributed by atoms with van der Waals surface area (Å²) in [6.07, 6.45) is 4.48. The predicted molar refractivity (Wildman–Crippen MR) is 169 cm³/mol. The van der Waals surface area contributed by atoms with Crippen LogP contribution in [0, 0.1) is 30.0 Å². The van der Waals surface area contributed by atoms with Gasteiger partial charge in [0.25, 0.3) is 5.91 Å². The molecule has 1 saturated carbocycles. The number of halogens is 2. The Morgan fingerprint density at radius 3 is 2.55 bits per heavy atom. The third-order valence-electron chi connectivity index (χ3n) is 9.89. The first-order valence-electron chi connectivity index (χ1n) is 15.4. The lowest BCUT2D eigenvalue weighted by Gasteiger charge is -2.57. The van der Waals surface area contributed by atoms with Crippen LogP contribution in [0.4, 0.5) is 14.9 Å². The van der Waals surface area contributed by atoms with Crippen molar-refractivity contribution in [1.82, 2.24) is 19.9 Å². The monoisotopic (exact) mass is 619 g/mol. The van der Waals surface area contributed by atoms with Crippen LogP contribution in [-0.2, 0) is 0 Å². The van der Waals surface area contributed by atoms with E-state index in [0.29, 0.717) is 63.4 Å². The number of hydrogen-bond acceptors (Lipinski definition) is 5. The first kappa shape index (κ1) is 30.3. The van der Waals surface area contributed by atoms with Crippen LogP contribution in [0.15, 0.2) is 64.7 Å². The van der Waals surface area contributed by atoms with E-state index in [1.54, 1.807) is 13.0 Å². The maximum atomic E-state index is 15.0. The van der Waals surface area contributed by atoms with Crippen molar-refractivity contribution in [2.24, 2.45) is 17.3 Å². The van der Waals surface area contributed by atoms with Crippen molar-refractivity contribution in [2.45, 2.75) is 33.6 Å². The van der Waals surface area contributed by atoms with Gasteiger partial charge >= 0.3 is 6.03 Å². The molecule has 2 bridgehead atoms. The number of allylic oxidation sites excluding steroid dienone is 1. The second kappa shape index (κ2) is 12.4. The van der Waals surface area contributed by atoms with Crippen LogP contribution in [0.1, 0.15) is 42.8 Å². The number of rotatable bonds is 8. The van der Waals surface area contributed by atoms with E-state index in [2.05, 4.69) is 35.3 Å². The molecule has 1 aromatic heterocycles. The molecule has 3 amide bonds. The van der Waals surface area contributed by atoms with E-state index in [4.69, 9.17) is 16.1 Å². The van der Waals surface area contributed by atoms with Gasteiger partial charge in [-0.25, -0.2) is 9.18 Å². The molecule has 1 aliphatic heterocycles. The third kappa shape index (κ3) is 5.87. The van der Waals surface area contributed by atoms with E-state index in [1.165, 1.54) is 17.7 Å².